The highest BCUT2D eigenvalue weighted by atomic mass is 16.2. The highest BCUT2D eigenvalue weighted by Crippen LogP contribution is 2.27. The molecule has 2 amide bonds. The minimum Gasteiger partial charge on any atom is -0.338 e. The maximum absolute atomic E-state index is 11.5. The van der Waals surface area contributed by atoms with Crippen LogP contribution in [0.25, 0.3) is 0 Å². The second kappa shape index (κ2) is 5.19. The van der Waals surface area contributed by atoms with Crippen molar-refractivity contribution in [1.29, 1.82) is 0 Å². The van der Waals surface area contributed by atoms with E-state index in [1.807, 2.05) is 31.2 Å². The Kier molecular flexibility index (Phi) is 3.64. The van der Waals surface area contributed by atoms with E-state index in [1.54, 1.807) is 0 Å². The fourth-order valence-electron chi connectivity index (χ4n) is 1.60. The third-order valence-corrected chi connectivity index (χ3v) is 2.94. The first-order valence-electron chi connectivity index (χ1n) is 6.05. The second-order valence-electron chi connectivity index (χ2n) is 4.69. The van der Waals surface area contributed by atoms with Gasteiger partial charge in [0.05, 0.1) is 0 Å². The standard InChI is InChI=1S/C13H19N3O/c1-9(14)11-4-6-12(7-5-11)16-13(17)15-8-10-2-3-10/h4-7,9-10H,2-3,8,14H2,1H3,(H2,15,16,17). The van der Waals surface area contributed by atoms with Crippen LogP contribution in [0.2, 0.25) is 0 Å². The lowest BCUT2D eigenvalue weighted by Gasteiger charge is -2.09. The van der Waals surface area contributed by atoms with Crippen LogP contribution in [0.4, 0.5) is 10.5 Å². The van der Waals surface area contributed by atoms with Gasteiger partial charge < -0.3 is 16.4 Å². The number of rotatable bonds is 4. The molecule has 2 rings (SSSR count). The summed E-state index contributed by atoms with van der Waals surface area (Å²) in [6.45, 7) is 2.72. The molecule has 0 heterocycles. The van der Waals surface area contributed by atoms with E-state index in [2.05, 4.69) is 10.6 Å². The van der Waals surface area contributed by atoms with Crippen molar-refractivity contribution in [2.75, 3.05) is 11.9 Å². The van der Waals surface area contributed by atoms with Crippen molar-refractivity contribution in [3.05, 3.63) is 29.8 Å². The SMILES string of the molecule is CC(N)c1ccc(NC(=O)NCC2CC2)cc1. The average Bonchev–Trinajstić information content (AvgIpc) is 3.11. The van der Waals surface area contributed by atoms with E-state index in [1.165, 1.54) is 12.8 Å². The Hall–Kier alpha value is -1.55. The van der Waals surface area contributed by atoms with Crippen molar-refractivity contribution >= 4 is 11.7 Å². The molecular formula is C13H19N3O. The highest BCUT2D eigenvalue weighted by Gasteiger charge is 2.21. The summed E-state index contributed by atoms with van der Waals surface area (Å²) in [4.78, 5) is 11.5. The maximum atomic E-state index is 11.5. The summed E-state index contributed by atoms with van der Waals surface area (Å²) in [6.07, 6.45) is 2.48. The van der Waals surface area contributed by atoms with Gasteiger partial charge in [-0.05, 0) is 43.4 Å². The minimum atomic E-state index is -0.134. The summed E-state index contributed by atoms with van der Waals surface area (Å²) in [7, 11) is 0. The summed E-state index contributed by atoms with van der Waals surface area (Å²) in [6, 6.07) is 7.49. The Labute approximate surface area is 102 Å². The average molecular weight is 233 g/mol. The fourth-order valence-corrected chi connectivity index (χ4v) is 1.60. The van der Waals surface area contributed by atoms with Crippen LogP contribution in [0.5, 0.6) is 0 Å². The third kappa shape index (κ3) is 3.75. The summed E-state index contributed by atoms with van der Waals surface area (Å²) in [5.74, 6) is 0.696. The van der Waals surface area contributed by atoms with E-state index in [0.717, 1.165) is 17.8 Å². The summed E-state index contributed by atoms with van der Waals surface area (Å²) in [5, 5.41) is 5.66. The molecule has 0 spiro atoms. The van der Waals surface area contributed by atoms with E-state index >= 15 is 0 Å². The molecule has 0 bridgehead atoms. The Balaban J connectivity index is 1.82. The highest BCUT2D eigenvalue weighted by molar-refractivity contribution is 5.89. The molecule has 1 saturated carbocycles. The predicted molar refractivity (Wildman–Crippen MR) is 68.8 cm³/mol. The van der Waals surface area contributed by atoms with Crippen molar-refractivity contribution in [2.24, 2.45) is 11.7 Å². The summed E-state index contributed by atoms with van der Waals surface area (Å²) < 4.78 is 0. The number of anilines is 1. The molecule has 4 heteroatoms. The van der Waals surface area contributed by atoms with Gasteiger partial charge in [-0.1, -0.05) is 12.1 Å². The topological polar surface area (TPSA) is 67.1 Å². The van der Waals surface area contributed by atoms with Crippen molar-refractivity contribution in [1.82, 2.24) is 5.32 Å². The number of nitrogens with one attached hydrogen (secondary N) is 2. The van der Waals surface area contributed by atoms with Gasteiger partial charge in [-0.15, -0.1) is 0 Å². The molecule has 4 N–H and O–H groups in total. The van der Waals surface area contributed by atoms with Crippen LogP contribution in [0.3, 0.4) is 0 Å². The van der Waals surface area contributed by atoms with Gasteiger partial charge in [-0.3, -0.25) is 0 Å². The van der Waals surface area contributed by atoms with Crippen LogP contribution < -0.4 is 16.4 Å². The molecule has 4 nitrogen and oxygen atoms in total. The fraction of sp³-hybridized carbons (Fsp3) is 0.462. The lowest BCUT2D eigenvalue weighted by molar-refractivity contribution is 0.251. The third-order valence-electron chi connectivity index (χ3n) is 2.94. The molecule has 92 valence electrons. The van der Waals surface area contributed by atoms with Gasteiger partial charge in [0.1, 0.15) is 0 Å². The van der Waals surface area contributed by atoms with Gasteiger partial charge in [0.25, 0.3) is 0 Å². The molecule has 0 saturated heterocycles. The van der Waals surface area contributed by atoms with Crippen LogP contribution >= 0.6 is 0 Å². The van der Waals surface area contributed by atoms with Gasteiger partial charge in [0.2, 0.25) is 0 Å². The number of hydrogen-bond acceptors (Lipinski definition) is 2. The van der Waals surface area contributed by atoms with Crippen molar-refractivity contribution in [3.63, 3.8) is 0 Å². The minimum absolute atomic E-state index is 0.0211. The van der Waals surface area contributed by atoms with Gasteiger partial charge in [0, 0.05) is 18.3 Å². The molecule has 0 aromatic heterocycles. The Morgan fingerprint density at radius 1 is 1.41 bits per heavy atom. The number of benzene rings is 1. The molecule has 1 unspecified atom stereocenters. The number of amides is 2. The maximum Gasteiger partial charge on any atom is 0.319 e. The Bertz CT molecular complexity index is 382. The lowest BCUT2D eigenvalue weighted by atomic mass is 10.1. The van der Waals surface area contributed by atoms with Crippen molar-refractivity contribution < 1.29 is 4.79 Å². The summed E-state index contributed by atoms with van der Waals surface area (Å²) >= 11 is 0. The van der Waals surface area contributed by atoms with Crippen LogP contribution in [0.1, 0.15) is 31.4 Å². The summed E-state index contributed by atoms with van der Waals surface area (Å²) in [5.41, 5.74) is 7.61. The smallest absolute Gasteiger partial charge is 0.319 e. The van der Waals surface area contributed by atoms with E-state index in [4.69, 9.17) is 5.73 Å². The van der Waals surface area contributed by atoms with Gasteiger partial charge in [-0.2, -0.15) is 0 Å². The van der Waals surface area contributed by atoms with Crippen molar-refractivity contribution in [2.45, 2.75) is 25.8 Å². The molecule has 1 aromatic rings. The normalized spacial score (nSPS) is 16.4. The van der Waals surface area contributed by atoms with Gasteiger partial charge >= 0.3 is 6.03 Å². The molecule has 0 aliphatic heterocycles. The molecule has 1 aromatic carbocycles. The van der Waals surface area contributed by atoms with Gasteiger partial charge in [-0.25, -0.2) is 4.79 Å². The first-order valence-corrected chi connectivity index (χ1v) is 6.05. The number of carbonyl (C=O) groups excluding carboxylic acids is 1. The molecule has 17 heavy (non-hydrogen) atoms. The molecular weight excluding hydrogens is 214 g/mol. The van der Waals surface area contributed by atoms with Crippen LogP contribution in [-0.4, -0.2) is 12.6 Å². The predicted octanol–water partition coefficient (Wildman–Crippen LogP) is 2.24. The molecule has 1 aliphatic rings. The first-order chi connectivity index (χ1) is 8.15. The number of nitrogens with two attached hydrogens (primary N) is 1. The van der Waals surface area contributed by atoms with E-state index in [-0.39, 0.29) is 12.1 Å². The largest absolute Gasteiger partial charge is 0.338 e. The quantitative estimate of drug-likeness (QED) is 0.746. The van der Waals surface area contributed by atoms with Gasteiger partial charge in [0.15, 0.2) is 0 Å². The first kappa shape index (κ1) is 11.9. The Morgan fingerprint density at radius 3 is 2.59 bits per heavy atom. The molecule has 0 radical (unpaired) electrons. The number of carbonyl (C=O) groups is 1. The van der Waals surface area contributed by atoms with E-state index < -0.39 is 0 Å². The zero-order valence-corrected chi connectivity index (χ0v) is 10.1. The second-order valence-corrected chi connectivity index (χ2v) is 4.69. The lowest BCUT2D eigenvalue weighted by Crippen LogP contribution is -2.30. The van der Waals surface area contributed by atoms with E-state index in [9.17, 15) is 4.79 Å². The molecule has 1 aliphatic carbocycles. The Morgan fingerprint density at radius 2 is 2.06 bits per heavy atom. The number of hydrogen-bond donors (Lipinski definition) is 3. The number of urea groups is 1. The van der Waals surface area contributed by atoms with Crippen LogP contribution in [-0.2, 0) is 0 Å². The van der Waals surface area contributed by atoms with Crippen LogP contribution in [0, 0.1) is 5.92 Å². The monoisotopic (exact) mass is 233 g/mol. The molecule has 1 fully saturated rings. The zero-order chi connectivity index (χ0) is 12.3. The van der Waals surface area contributed by atoms with Crippen molar-refractivity contribution in [3.8, 4) is 0 Å². The van der Waals surface area contributed by atoms with E-state index in [0.29, 0.717) is 5.92 Å². The van der Waals surface area contributed by atoms with Crippen LogP contribution in [0.15, 0.2) is 24.3 Å². The molecule has 1 atom stereocenters. The zero-order valence-electron chi connectivity index (χ0n) is 10.1.